The van der Waals surface area contributed by atoms with Crippen LogP contribution in [0.3, 0.4) is 0 Å². The van der Waals surface area contributed by atoms with E-state index in [1.165, 1.54) is 32.1 Å². The lowest BCUT2D eigenvalue weighted by Crippen LogP contribution is -2.15. The van der Waals surface area contributed by atoms with E-state index in [9.17, 15) is 4.79 Å². The lowest BCUT2D eigenvalue weighted by Gasteiger charge is -2.21. The molecule has 0 bridgehead atoms. The highest BCUT2D eigenvalue weighted by Gasteiger charge is 2.18. The first-order valence-electron chi connectivity index (χ1n) is 7.48. The monoisotopic (exact) mass is 280 g/mol. The SMILES string of the molecule is CCOC(=O)c1cnn(C)c1COCC1CCCCC1. The zero-order valence-corrected chi connectivity index (χ0v) is 12.4. The number of ether oxygens (including phenoxy) is 2. The number of esters is 1. The van der Waals surface area contributed by atoms with Crippen LogP contribution in [0.2, 0.25) is 0 Å². The molecule has 5 nitrogen and oxygen atoms in total. The van der Waals surface area contributed by atoms with Crippen molar-refractivity contribution in [3.8, 4) is 0 Å². The molecule has 1 aliphatic rings. The van der Waals surface area contributed by atoms with Gasteiger partial charge in [0.15, 0.2) is 0 Å². The molecule has 112 valence electrons. The molecular formula is C15H24N2O3. The molecule has 0 radical (unpaired) electrons. The van der Waals surface area contributed by atoms with E-state index in [0.29, 0.717) is 24.7 Å². The van der Waals surface area contributed by atoms with Gasteiger partial charge in [0.2, 0.25) is 0 Å². The summed E-state index contributed by atoms with van der Waals surface area (Å²) >= 11 is 0. The van der Waals surface area contributed by atoms with E-state index >= 15 is 0 Å². The average Bonchev–Trinajstić information content (AvgIpc) is 2.82. The van der Waals surface area contributed by atoms with Crippen LogP contribution >= 0.6 is 0 Å². The summed E-state index contributed by atoms with van der Waals surface area (Å²) in [5.74, 6) is 0.347. The minimum atomic E-state index is -0.322. The number of hydrogen-bond donors (Lipinski definition) is 0. The summed E-state index contributed by atoms with van der Waals surface area (Å²) < 4.78 is 12.5. The zero-order valence-electron chi connectivity index (χ0n) is 12.4. The second kappa shape index (κ2) is 7.43. The van der Waals surface area contributed by atoms with Crippen LogP contribution in [0.15, 0.2) is 6.20 Å². The molecule has 0 unspecified atom stereocenters. The minimum absolute atomic E-state index is 0.322. The number of carbonyl (C=O) groups is 1. The smallest absolute Gasteiger partial charge is 0.341 e. The van der Waals surface area contributed by atoms with Gasteiger partial charge in [0.25, 0.3) is 0 Å². The van der Waals surface area contributed by atoms with Gasteiger partial charge in [-0.25, -0.2) is 4.79 Å². The molecule has 1 fully saturated rings. The van der Waals surface area contributed by atoms with Gasteiger partial charge in [-0.05, 0) is 25.7 Å². The Kier molecular flexibility index (Phi) is 5.59. The van der Waals surface area contributed by atoms with Crippen molar-refractivity contribution in [1.29, 1.82) is 0 Å². The summed E-state index contributed by atoms with van der Waals surface area (Å²) in [5, 5.41) is 4.12. The van der Waals surface area contributed by atoms with Crippen molar-refractivity contribution in [2.75, 3.05) is 13.2 Å². The molecule has 1 aromatic heterocycles. The largest absolute Gasteiger partial charge is 0.462 e. The molecule has 2 rings (SSSR count). The summed E-state index contributed by atoms with van der Waals surface area (Å²) in [4.78, 5) is 11.8. The molecule has 0 N–H and O–H groups in total. The normalized spacial score (nSPS) is 16.3. The van der Waals surface area contributed by atoms with Gasteiger partial charge in [-0.1, -0.05) is 19.3 Å². The van der Waals surface area contributed by atoms with Crippen molar-refractivity contribution in [3.05, 3.63) is 17.5 Å². The van der Waals surface area contributed by atoms with Gasteiger partial charge in [0, 0.05) is 13.7 Å². The molecular weight excluding hydrogens is 256 g/mol. The summed E-state index contributed by atoms with van der Waals surface area (Å²) in [6.07, 6.45) is 8.05. The maximum atomic E-state index is 11.8. The second-order valence-electron chi connectivity index (χ2n) is 5.37. The van der Waals surface area contributed by atoms with Gasteiger partial charge in [0.05, 0.1) is 25.1 Å². The molecule has 5 heteroatoms. The first-order valence-corrected chi connectivity index (χ1v) is 7.48. The van der Waals surface area contributed by atoms with Crippen LogP contribution in [-0.2, 0) is 23.1 Å². The van der Waals surface area contributed by atoms with Crippen LogP contribution in [0.4, 0.5) is 0 Å². The van der Waals surface area contributed by atoms with Crippen molar-refractivity contribution in [1.82, 2.24) is 9.78 Å². The molecule has 1 heterocycles. The fourth-order valence-electron chi connectivity index (χ4n) is 2.69. The molecule has 0 aromatic carbocycles. The standard InChI is InChI=1S/C15H24N2O3/c1-3-20-15(18)13-9-16-17(2)14(13)11-19-10-12-7-5-4-6-8-12/h9,12H,3-8,10-11H2,1-2H3. The van der Waals surface area contributed by atoms with E-state index in [2.05, 4.69) is 5.10 Å². The third-order valence-electron chi connectivity index (χ3n) is 3.87. The maximum Gasteiger partial charge on any atom is 0.341 e. The summed E-state index contributed by atoms with van der Waals surface area (Å²) in [7, 11) is 1.82. The zero-order chi connectivity index (χ0) is 14.4. The molecule has 0 aliphatic heterocycles. The number of nitrogens with zero attached hydrogens (tertiary/aromatic N) is 2. The van der Waals surface area contributed by atoms with Crippen LogP contribution in [0, 0.1) is 5.92 Å². The van der Waals surface area contributed by atoms with Crippen molar-refractivity contribution < 1.29 is 14.3 Å². The van der Waals surface area contributed by atoms with Crippen molar-refractivity contribution in [2.45, 2.75) is 45.6 Å². The van der Waals surface area contributed by atoms with Crippen LogP contribution in [0.1, 0.15) is 55.1 Å². The molecule has 0 atom stereocenters. The highest BCUT2D eigenvalue weighted by molar-refractivity contribution is 5.90. The highest BCUT2D eigenvalue weighted by Crippen LogP contribution is 2.24. The van der Waals surface area contributed by atoms with Crippen LogP contribution in [-0.4, -0.2) is 29.0 Å². The Bertz CT molecular complexity index is 436. The van der Waals surface area contributed by atoms with E-state index < -0.39 is 0 Å². The Labute approximate surface area is 120 Å². The van der Waals surface area contributed by atoms with Gasteiger partial charge in [0.1, 0.15) is 5.56 Å². The quantitative estimate of drug-likeness (QED) is 0.752. The fourth-order valence-corrected chi connectivity index (χ4v) is 2.69. The van der Waals surface area contributed by atoms with Crippen LogP contribution in [0.25, 0.3) is 0 Å². The van der Waals surface area contributed by atoms with E-state index in [-0.39, 0.29) is 5.97 Å². The lowest BCUT2D eigenvalue weighted by atomic mass is 9.90. The van der Waals surface area contributed by atoms with Gasteiger partial charge in [-0.2, -0.15) is 5.10 Å². The fraction of sp³-hybridized carbons (Fsp3) is 0.733. The highest BCUT2D eigenvalue weighted by atomic mass is 16.5. The Morgan fingerprint density at radius 1 is 1.40 bits per heavy atom. The van der Waals surface area contributed by atoms with E-state index in [0.717, 1.165) is 12.3 Å². The molecule has 0 amide bonds. The first kappa shape index (κ1) is 15.0. The van der Waals surface area contributed by atoms with Gasteiger partial charge < -0.3 is 9.47 Å². The van der Waals surface area contributed by atoms with Crippen molar-refractivity contribution in [3.63, 3.8) is 0 Å². The topological polar surface area (TPSA) is 53.3 Å². The average molecular weight is 280 g/mol. The third-order valence-corrected chi connectivity index (χ3v) is 3.87. The molecule has 1 aliphatic carbocycles. The number of hydrogen-bond acceptors (Lipinski definition) is 4. The van der Waals surface area contributed by atoms with Gasteiger partial charge >= 0.3 is 5.97 Å². The van der Waals surface area contributed by atoms with Gasteiger partial charge in [-0.15, -0.1) is 0 Å². The Morgan fingerprint density at radius 3 is 2.85 bits per heavy atom. The predicted octanol–water partition coefficient (Wildman–Crippen LogP) is 2.69. The summed E-state index contributed by atoms with van der Waals surface area (Å²) in [6.45, 7) is 3.36. The summed E-state index contributed by atoms with van der Waals surface area (Å²) in [6, 6.07) is 0. The molecule has 0 saturated heterocycles. The third kappa shape index (κ3) is 3.82. The molecule has 20 heavy (non-hydrogen) atoms. The number of carbonyl (C=O) groups excluding carboxylic acids is 1. The lowest BCUT2D eigenvalue weighted by molar-refractivity contribution is 0.0504. The second-order valence-corrected chi connectivity index (χ2v) is 5.37. The Morgan fingerprint density at radius 2 is 2.15 bits per heavy atom. The molecule has 1 saturated carbocycles. The molecule has 0 spiro atoms. The minimum Gasteiger partial charge on any atom is -0.462 e. The summed E-state index contributed by atoms with van der Waals surface area (Å²) in [5.41, 5.74) is 1.30. The van der Waals surface area contributed by atoms with Crippen molar-refractivity contribution in [2.24, 2.45) is 13.0 Å². The number of aryl methyl sites for hydroxylation is 1. The van der Waals surface area contributed by atoms with E-state index in [1.807, 2.05) is 7.05 Å². The first-order chi connectivity index (χ1) is 9.72. The van der Waals surface area contributed by atoms with E-state index in [4.69, 9.17) is 9.47 Å². The Balaban J connectivity index is 1.88. The van der Waals surface area contributed by atoms with Crippen molar-refractivity contribution >= 4 is 5.97 Å². The van der Waals surface area contributed by atoms with Crippen LogP contribution < -0.4 is 0 Å². The molecule has 1 aromatic rings. The van der Waals surface area contributed by atoms with Crippen LogP contribution in [0.5, 0.6) is 0 Å². The maximum absolute atomic E-state index is 11.8. The van der Waals surface area contributed by atoms with E-state index in [1.54, 1.807) is 17.8 Å². The number of rotatable bonds is 6. The number of aromatic nitrogens is 2. The predicted molar refractivity (Wildman–Crippen MR) is 75.4 cm³/mol. The van der Waals surface area contributed by atoms with Gasteiger partial charge in [-0.3, -0.25) is 4.68 Å². The Hall–Kier alpha value is -1.36.